The van der Waals surface area contributed by atoms with E-state index < -0.39 is 70.5 Å². The topological polar surface area (TPSA) is 36.9 Å². The maximum atomic E-state index is 13.1. The maximum Gasteiger partial charge on any atom is 0.426 e. The van der Waals surface area contributed by atoms with E-state index in [9.17, 15) is 52.7 Å². The van der Waals surface area contributed by atoms with E-state index in [4.69, 9.17) is 8.85 Å². The van der Waals surface area contributed by atoms with Gasteiger partial charge in [0.25, 0.3) is 11.2 Å². The lowest BCUT2D eigenvalue weighted by Gasteiger charge is -2.38. The third-order valence-corrected chi connectivity index (χ3v) is 7.99. The van der Waals surface area contributed by atoms with Crippen molar-refractivity contribution in [2.24, 2.45) is 0 Å². The number of rotatable bonds is 12. The molecular formula is C16H24F12O4Si. The Hall–Kier alpha value is -0.783. The Bertz CT molecular complexity index is 526. The van der Waals surface area contributed by atoms with Crippen LogP contribution < -0.4 is 0 Å². The van der Waals surface area contributed by atoms with Gasteiger partial charge in [-0.3, -0.25) is 0 Å². The van der Waals surface area contributed by atoms with E-state index in [1.54, 1.807) is 0 Å². The number of hydrogen-bond donors (Lipinski definition) is 0. The highest BCUT2D eigenvalue weighted by atomic mass is 28.4. The highest BCUT2D eigenvalue weighted by Gasteiger charge is 2.72. The molecule has 0 aliphatic rings. The molecule has 0 aromatic rings. The Morgan fingerprint density at radius 2 is 0.848 bits per heavy atom. The first kappa shape index (κ1) is 32.2. The molecule has 33 heavy (non-hydrogen) atoms. The molecule has 0 spiro atoms. The molecule has 0 aliphatic carbocycles. The van der Waals surface area contributed by atoms with Gasteiger partial charge in [0.05, 0.1) is 0 Å². The van der Waals surface area contributed by atoms with Crippen molar-refractivity contribution in [2.75, 3.05) is 27.4 Å². The Morgan fingerprint density at radius 3 is 1.03 bits per heavy atom. The minimum absolute atomic E-state index is 0.136. The van der Waals surface area contributed by atoms with Crippen LogP contribution in [0.4, 0.5) is 52.7 Å². The van der Waals surface area contributed by atoms with E-state index in [1.807, 2.05) is 0 Å². The average molecular weight is 536 g/mol. The molecular weight excluding hydrogens is 512 g/mol. The van der Waals surface area contributed by atoms with Gasteiger partial charge in [-0.25, -0.2) is 0 Å². The molecule has 0 radical (unpaired) electrons. The Kier molecular flexibility index (Phi) is 10.6. The fourth-order valence-corrected chi connectivity index (χ4v) is 5.36. The second-order valence-electron chi connectivity index (χ2n) is 7.13. The molecule has 0 atom stereocenters. The van der Waals surface area contributed by atoms with Gasteiger partial charge in [-0.15, -0.1) is 0 Å². The van der Waals surface area contributed by atoms with Gasteiger partial charge in [0.2, 0.25) is 0 Å². The van der Waals surface area contributed by atoms with Crippen molar-refractivity contribution in [1.82, 2.24) is 0 Å². The van der Waals surface area contributed by atoms with Gasteiger partial charge < -0.3 is 18.3 Å². The minimum Gasteiger partial charge on any atom is -0.394 e. The molecule has 0 saturated heterocycles. The third kappa shape index (κ3) is 7.11. The molecule has 0 aromatic heterocycles. The van der Waals surface area contributed by atoms with Gasteiger partial charge in [0, 0.05) is 40.3 Å². The predicted molar refractivity (Wildman–Crippen MR) is 91.6 cm³/mol. The zero-order valence-corrected chi connectivity index (χ0v) is 18.9. The van der Waals surface area contributed by atoms with Crippen LogP contribution in [0.15, 0.2) is 0 Å². The summed E-state index contributed by atoms with van der Waals surface area (Å²) in [6.07, 6.45) is -26.9. The van der Waals surface area contributed by atoms with Crippen molar-refractivity contribution in [2.45, 2.75) is 74.7 Å². The zero-order valence-electron chi connectivity index (χ0n) is 17.9. The molecule has 200 valence electrons. The summed E-state index contributed by atoms with van der Waals surface area (Å²) in [7, 11) is -3.40. The lowest BCUT2D eigenvalue weighted by molar-refractivity contribution is -0.377. The van der Waals surface area contributed by atoms with Crippen LogP contribution in [0, 0.1) is 0 Å². The Balaban J connectivity index is 5.54. The van der Waals surface area contributed by atoms with Crippen molar-refractivity contribution in [3.8, 4) is 0 Å². The molecule has 0 N–H and O–H groups in total. The summed E-state index contributed by atoms with van der Waals surface area (Å²) in [5, 5.41) is 0. The number of methoxy groups -OCH3 is 2. The summed E-state index contributed by atoms with van der Waals surface area (Å²) in [5.74, 6) is 0. The van der Waals surface area contributed by atoms with Crippen molar-refractivity contribution >= 4 is 8.56 Å². The Morgan fingerprint density at radius 1 is 0.576 bits per heavy atom. The fourth-order valence-electron chi connectivity index (χ4n) is 3.02. The molecule has 0 saturated carbocycles. The Labute approximate surface area is 182 Å². The molecule has 0 heterocycles. The summed E-state index contributed by atoms with van der Waals surface area (Å²) in [6, 6.07) is -0.136. The molecule has 4 nitrogen and oxygen atoms in total. The largest absolute Gasteiger partial charge is 0.426 e. The first-order valence-corrected chi connectivity index (χ1v) is 11.8. The quantitative estimate of drug-likeness (QED) is 0.217. The van der Waals surface area contributed by atoms with Crippen LogP contribution in [0.2, 0.25) is 12.6 Å². The van der Waals surface area contributed by atoms with E-state index >= 15 is 0 Å². The summed E-state index contributed by atoms with van der Waals surface area (Å²) >= 11 is 0. The van der Waals surface area contributed by atoms with Crippen molar-refractivity contribution in [3.63, 3.8) is 0 Å². The number of ether oxygens (including phenoxy) is 2. The highest BCUT2D eigenvalue weighted by Crippen LogP contribution is 2.49. The molecule has 0 bridgehead atoms. The summed E-state index contributed by atoms with van der Waals surface area (Å²) in [4.78, 5) is 0. The normalized spacial score (nSPS) is 15.3. The highest BCUT2D eigenvalue weighted by molar-refractivity contribution is 6.66. The first-order chi connectivity index (χ1) is 14.6. The number of halogens is 12. The summed E-state index contributed by atoms with van der Waals surface area (Å²) in [6.45, 7) is 0.128. The van der Waals surface area contributed by atoms with Gasteiger partial charge in [0.15, 0.2) is 0 Å². The van der Waals surface area contributed by atoms with E-state index in [0.717, 1.165) is 6.55 Å². The van der Waals surface area contributed by atoms with E-state index in [2.05, 4.69) is 9.47 Å². The summed E-state index contributed by atoms with van der Waals surface area (Å²) in [5.41, 5.74) is -9.17. The van der Waals surface area contributed by atoms with Crippen LogP contribution in [0.3, 0.4) is 0 Å². The maximum absolute atomic E-state index is 13.1. The molecule has 0 amide bonds. The van der Waals surface area contributed by atoms with Gasteiger partial charge >= 0.3 is 33.3 Å². The van der Waals surface area contributed by atoms with E-state index in [1.165, 1.54) is 6.92 Å². The van der Waals surface area contributed by atoms with Gasteiger partial charge in [-0.2, -0.15) is 52.7 Å². The zero-order chi connectivity index (χ0) is 26.6. The SMILES string of the molecule is CCC[Si](C)(OCCC(OC)(C(F)(F)F)C(F)(F)F)OCCC(OC)(C(F)(F)F)C(F)(F)F. The van der Waals surface area contributed by atoms with Crippen LogP contribution in [0.5, 0.6) is 0 Å². The number of hydrogen-bond acceptors (Lipinski definition) is 4. The third-order valence-electron chi connectivity index (χ3n) is 4.96. The van der Waals surface area contributed by atoms with E-state index in [0.29, 0.717) is 0 Å². The van der Waals surface area contributed by atoms with Gasteiger partial charge in [0.1, 0.15) is 0 Å². The first-order valence-electron chi connectivity index (χ1n) is 9.25. The van der Waals surface area contributed by atoms with Crippen LogP contribution in [0.25, 0.3) is 0 Å². The van der Waals surface area contributed by atoms with Crippen LogP contribution in [-0.4, -0.2) is 71.9 Å². The minimum atomic E-state index is -5.88. The lowest BCUT2D eigenvalue weighted by Crippen LogP contribution is -2.59. The molecule has 17 heteroatoms. The smallest absolute Gasteiger partial charge is 0.394 e. The second kappa shape index (κ2) is 10.9. The molecule has 0 rings (SSSR count). The standard InChI is InChI=1S/C16H24F12O4Si/c1-5-10-33(4,31-8-6-11(29-2,13(17,18)19)14(20,21)22)32-9-7-12(30-3,15(23,24)25)16(26,27)28/h5-10H2,1-4H3. The molecule has 0 aromatic carbocycles. The number of alkyl halides is 12. The van der Waals surface area contributed by atoms with Crippen molar-refractivity contribution in [1.29, 1.82) is 0 Å². The van der Waals surface area contributed by atoms with Gasteiger partial charge in [-0.1, -0.05) is 13.3 Å². The summed E-state index contributed by atoms with van der Waals surface area (Å²) < 4.78 is 175. The molecule has 0 fully saturated rings. The van der Waals surface area contributed by atoms with Crippen LogP contribution in [-0.2, 0) is 18.3 Å². The second-order valence-corrected chi connectivity index (χ2v) is 10.5. The van der Waals surface area contributed by atoms with Gasteiger partial charge in [-0.05, 0) is 12.6 Å². The average Bonchev–Trinajstić information content (AvgIpc) is 2.58. The fraction of sp³-hybridized carbons (Fsp3) is 1.00. The molecule has 0 aliphatic heterocycles. The monoisotopic (exact) mass is 536 g/mol. The van der Waals surface area contributed by atoms with Crippen molar-refractivity contribution in [3.05, 3.63) is 0 Å². The van der Waals surface area contributed by atoms with E-state index in [-0.39, 0.29) is 26.7 Å². The van der Waals surface area contributed by atoms with Crippen molar-refractivity contribution < 1.29 is 71.0 Å². The van der Waals surface area contributed by atoms with Crippen LogP contribution in [0.1, 0.15) is 26.2 Å². The molecule has 0 unspecified atom stereocenters. The lowest BCUT2D eigenvalue weighted by atomic mass is 9.98. The predicted octanol–water partition coefficient (Wildman–Crippen LogP) is 6.30. The van der Waals surface area contributed by atoms with Crippen LogP contribution >= 0.6 is 0 Å².